The first-order chi connectivity index (χ1) is 4.70. The summed E-state index contributed by atoms with van der Waals surface area (Å²) in [5, 5.41) is 0. The van der Waals surface area contributed by atoms with Gasteiger partial charge in [-0.1, -0.05) is 0 Å². The standard InChI is InChI=1S/C6H2F2IN/c7-4-2(9)1-3-6(10-3)5(4)8/h1,3H. The van der Waals surface area contributed by atoms with Crippen molar-refractivity contribution in [3.05, 3.63) is 21.3 Å². The van der Waals surface area contributed by atoms with E-state index < -0.39 is 11.7 Å². The molecule has 0 amide bonds. The lowest BCUT2D eigenvalue weighted by Gasteiger charge is -2.00. The zero-order valence-electron chi connectivity index (χ0n) is 4.74. The summed E-state index contributed by atoms with van der Waals surface area (Å²) in [5.74, 6) is -1.55. The molecule has 10 heavy (non-hydrogen) atoms. The first-order valence-corrected chi connectivity index (χ1v) is 3.79. The van der Waals surface area contributed by atoms with Gasteiger partial charge >= 0.3 is 0 Å². The molecular formula is C6H2F2IN. The van der Waals surface area contributed by atoms with E-state index in [1.54, 1.807) is 28.7 Å². The van der Waals surface area contributed by atoms with Crippen molar-refractivity contribution in [1.82, 2.24) is 0 Å². The molecule has 1 heterocycles. The third-order valence-corrected chi connectivity index (χ3v) is 2.26. The fourth-order valence-electron chi connectivity index (χ4n) is 0.844. The molecule has 0 N–H and O–H groups in total. The van der Waals surface area contributed by atoms with Gasteiger partial charge in [0.05, 0.1) is 3.58 Å². The van der Waals surface area contributed by atoms with Crippen molar-refractivity contribution in [2.45, 2.75) is 6.04 Å². The van der Waals surface area contributed by atoms with Crippen LogP contribution in [0.25, 0.3) is 0 Å². The molecule has 2 aliphatic rings. The number of rotatable bonds is 0. The van der Waals surface area contributed by atoms with Gasteiger partial charge in [-0.15, -0.1) is 0 Å². The highest BCUT2D eigenvalue weighted by Gasteiger charge is 2.36. The fourth-order valence-corrected chi connectivity index (χ4v) is 1.42. The van der Waals surface area contributed by atoms with Crippen LogP contribution < -0.4 is 0 Å². The summed E-state index contributed by atoms with van der Waals surface area (Å²) in [6.07, 6.45) is 1.61. The zero-order chi connectivity index (χ0) is 7.30. The van der Waals surface area contributed by atoms with Gasteiger partial charge in [0.2, 0.25) is 0 Å². The summed E-state index contributed by atoms with van der Waals surface area (Å²) >= 11 is 1.75. The smallest absolute Gasteiger partial charge is 0.183 e. The van der Waals surface area contributed by atoms with Gasteiger partial charge in [0, 0.05) is 0 Å². The number of aliphatic imine (C=N–C) groups is 1. The summed E-state index contributed by atoms with van der Waals surface area (Å²) < 4.78 is 25.5. The minimum atomic E-state index is -0.781. The van der Waals surface area contributed by atoms with Gasteiger partial charge in [0.25, 0.3) is 0 Å². The Hall–Kier alpha value is -0.260. The predicted molar refractivity (Wildman–Crippen MR) is 42.6 cm³/mol. The van der Waals surface area contributed by atoms with Crippen LogP contribution in [-0.2, 0) is 0 Å². The Labute approximate surface area is 69.7 Å². The Balaban J connectivity index is 2.48. The number of nitrogens with zero attached hydrogens (tertiary/aromatic N) is 1. The highest BCUT2D eigenvalue weighted by Crippen LogP contribution is 2.36. The molecule has 0 aromatic heterocycles. The van der Waals surface area contributed by atoms with E-state index in [0.717, 1.165) is 0 Å². The molecule has 0 radical (unpaired) electrons. The monoisotopic (exact) mass is 253 g/mol. The normalized spacial score (nSPS) is 29.3. The Bertz CT molecular complexity index is 286. The van der Waals surface area contributed by atoms with E-state index in [4.69, 9.17) is 0 Å². The second-order valence-electron chi connectivity index (χ2n) is 2.10. The van der Waals surface area contributed by atoms with Gasteiger partial charge < -0.3 is 0 Å². The number of hydrogen-bond donors (Lipinski definition) is 0. The molecule has 0 saturated carbocycles. The topological polar surface area (TPSA) is 12.4 Å². The Morgan fingerprint density at radius 2 is 2.10 bits per heavy atom. The van der Waals surface area contributed by atoms with Crippen LogP contribution in [0.5, 0.6) is 0 Å². The van der Waals surface area contributed by atoms with Gasteiger partial charge in [0.1, 0.15) is 11.8 Å². The van der Waals surface area contributed by atoms with Gasteiger partial charge in [-0.2, -0.15) is 0 Å². The summed E-state index contributed by atoms with van der Waals surface area (Å²) in [4.78, 5) is 3.70. The van der Waals surface area contributed by atoms with Gasteiger partial charge in [-0.05, 0) is 28.7 Å². The van der Waals surface area contributed by atoms with Crippen LogP contribution in [0.3, 0.4) is 0 Å². The molecule has 1 nitrogen and oxygen atoms in total. The first-order valence-electron chi connectivity index (χ1n) is 2.71. The summed E-state index contributed by atoms with van der Waals surface area (Å²) in [6.45, 7) is 0. The van der Waals surface area contributed by atoms with E-state index in [9.17, 15) is 8.78 Å². The van der Waals surface area contributed by atoms with E-state index in [1.165, 1.54) is 0 Å². The number of allylic oxidation sites excluding steroid dienone is 2. The lowest BCUT2D eigenvalue weighted by atomic mass is 10.2. The van der Waals surface area contributed by atoms with Crippen molar-refractivity contribution >= 4 is 28.3 Å². The van der Waals surface area contributed by atoms with Gasteiger partial charge in [-0.3, -0.25) is 4.99 Å². The second-order valence-corrected chi connectivity index (χ2v) is 3.26. The van der Waals surface area contributed by atoms with Crippen LogP contribution in [0.4, 0.5) is 8.78 Å². The van der Waals surface area contributed by atoms with Crippen LogP contribution in [0.1, 0.15) is 0 Å². The Morgan fingerprint density at radius 1 is 1.40 bits per heavy atom. The molecule has 0 spiro atoms. The van der Waals surface area contributed by atoms with Crippen molar-refractivity contribution in [1.29, 1.82) is 0 Å². The van der Waals surface area contributed by atoms with E-state index in [0.29, 0.717) is 3.58 Å². The molecular weight excluding hydrogens is 251 g/mol. The van der Waals surface area contributed by atoms with Gasteiger partial charge in [0.15, 0.2) is 11.7 Å². The maximum Gasteiger partial charge on any atom is 0.183 e. The molecule has 2 rings (SSSR count). The van der Waals surface area contributed by atoms with E-state index in [1.807, 2.05) is 0 Å². The molecule has 0 saturated heterocycles. The largest absolute Gasteiger partial charge is 0.270 e. The summed E-state index contributed by atoms with van der Waals surface area (Å²) in [5.41, 5.74) is 0.262. The van der Waals surface area contributed by atoms with Gasteiger partial charge in [-0.25, -0.2) is 8.78 Å². The molecule has 1 aliphatic heterocycles. The molecule has 0 aromatic rings. The number of halogens is 3. The maximum absolute atomic E-state index is 12.6. The maximum atomic E-state index is 12.6. The van der Waals surface area contributed by atoms with Crippen molar-refractivity contribution in [3.63, 3.8) is 0 Å². The molecule has 1 unspecified atom stereocenters. The molecule has 52 valence electrons. The van der Waals surface area contributed by atoms with Crippen LogP contribution in [0.2, 0.25) is 0 Å². The molecule has 0 aromatic carbocycles. The third-order valence-electron chi connectivity index (χ3n) is 1.42. The number of hydrogen-bond acceptors (Lipinski definition) is 1. The second kappa shape index (κ2) is 1.87. The zero-order valence-corrected chi connectivity index (χ0v) is 6.89. The van der Waals surface area contributed by atoms with Crippen molar-refractivity contribution in [2.24, 2.45) is 4.99 Å². The minimum absolute atomic E-state index is 0.161. The number of fused-ring (bicyclic) bond motifs is 1. The van der Waals surface area contributed by atoms with Crippen molar-refractivity contribution in [2.75, 3.05) is 0 Å². The first kappa shape index (κ1) is 6.45. The van der Waals surface area contributed by atoms with E-state index in [-0.39, 0.29) is 11.8 Å². The fraction of sp³-hybridized carbons (Fsp3) is 0.167. The highest BCUT2D eigenvalue weighted by atomic mass is 127. The van der Waals surface area contributed by atoms with E-state index in [2.05, 4.69) is 4.99 Å². The third kappa shape index (κ3) is 0.744. The lowest BCUT2D eigenvalue weighted by molar-refractivity contribution is 0.580. The Kier molecular flexibility index (Phi) is 1.21. The summed E-state index contributed by atoms with van der Waals surface area (Å²) in [7, 11) is 0. The molecule has 0 fully saturated rings. The average molecular weight is 253 g/mol. The predicted octanol–water partition coefficient (Wildman–Crippen LogP) is 2.29. The molecule has 1 aliphatic carbocycles. The SMILES string of the molecule is FC1=C(F)C2=NC2C=C1I. The quantitative estimate of drug-likeness (QED) is 0.587. The van der Waals surface area contributed by atoms with Crippen LogP contribution in [0, 0.1) is 0 Å². The highest BCUT2D eigenvalue weighted by molar-refractivity contribution is 14.1. The molecule has 0 bridgehead atoms. The van der Waals surface area contributed by atoms with Crippen molar-refractivity contribution in [3.8, 4) is 0 Å². The van der Waals surface area contributed by atoms with Crippen LogP contribution in [0.15, 0.2) is 26.3 Å². The lowest BCUT2D eigenvalue weighted by Crippen LogP contribution is -2.02. The Morgan fingerprint density at radius 3 is 2.80 bits per heavy atom. The van der Waals surface area contributed by atoms with E-state index >= 15 is 0 Å². The van der Waals surface area contributed by atoms with Crippen LogP contribution >= 0.6 is 22.6 Å². The van der Waals surface area contributed by atoms with Crippen LogP contribution in [-0.4, -0.2) is 11.8 Å². The average Bonchev–Trinajstić information content (AvgIpc) is 2.62. The minimum Gasteiger partial charge on any atom is -0.270 e. The van der Waals surface area contributed by atoms with Crippen molar-refractivity contribution < 1.29 is 8.78 Å². The molecule has 4 heteroatoms. The summed E-state index contributed by atoms with van der Waals surface area (Å²) in [6, 6.07) is -0.161. The molecule has 1 atom stereocenters.